The lowest BCUT2D eigenvalue weighted by atomic mass is 9.83. The largest absolute Gasteiger partial charge is 0.462 e. The highest BCUT2D eigenvalue weighted by Crippen LogP contribution is 2.47. The first-order valence-corrected chi connectivity index (χ1v) is 11.0. The molecule has 0 aromatic rings. The zero-order chi connectivity index (χ0) is 16.3. The van der Waals surface area contributed by atoms with E-state index in [-0.39, 0.29) is 35.9 Å². The Bertz CT molecular complexity index is 424. The number of aldehydes is 1. The number of carbonyl (C=O) groups is 2. The second kappa shape index (κ2) is 7.09. The molecule has 22 heavy (non-hydrogen) atoms. The van der Waals surface area contributed by atoms with E-state index in [9.17, 15) is 9.59 Å². The molecule has 1 heterocycles. The first-order chi connectivity index (χ1) is 10.6. The van der Waals surface area contributed by atoms with Crippen LogP contribution in [-0.4, -0.2) is 32.8 Å². The predicted molar refractivity (Wildman–Crippen MR) is 87.9 cm³/mol. The van der Waals surface area contributed by atoms with Crippen LogP contribution < -0.4 is 0 Å². The van der Waals surface area contributed by atoms with Crippen molar-refractivity contribution in [1.82, 2.24) is 0 Å². The average Bonchev–Trinajstić information content (AvgIpc) is 3.00. The SMILES string of the molecule is C=CC[C@@H]1C(=O)O[C@H]2C[C@@H](O[Si](CC)(CC)CC)[C@@H](C=O)[C@H]21. The van der Waals surface area contributed by atoms with E-state index in [1.54, 1.807) is 6.08 Å². The number of allylic oxidation sites excluding steroid dienone is 1. The lowest BCUT2D eigenvalue weighted by molar-refractivity contribution is -0.144. The molecule has 1 saturated carbocycles. The lowest BCUT2D eigenvalue weighted by Gasteiger charge is -2.34. The molecule has 1 aliphatic carbocycles. The first kappa shape index (κ1) is 17.4. The molecule has 0 aromatic heterocycles. The maximum atomic E-state index is 12.0. The lowest BCUT2D eigenvalue weighted by Crippen LogP contribution is -2.42. The Kier molecular flexibility index (Phi) is 5.61. The van der Waals surface area contributed by atoms with E-state index in [0.29, 0.717) is 12.8 Å². The van der Waals surface area contributed by atoms with Crippen molar-refractivity contribution in [1.29, 1.82) is 0 Å². The Morgan fingerprint density at radius 3 is 2.45 bits per heavy atom. The van der Waals surface area contributed by atoms with Crippen LogP contribution >= 0.6 is 0 Å². The van der Waals surface area contributed by atoms with Gasteiger partial charge in [0.05, 0.1) is 12.0 Å². The van der Waals surface area contributed by atoms with Crippen molar-refractivity contribution < 1.29 is 18.8 Å². The van der Waals surface area contributed by atoms with Crippen LogP contribution in [-0.2, 0) is 18.8 Å². The van der Waals surface area contributed by atoms with Crippen LogP contribution in [0.5, 0.6) is 0 Å². The minimum absolute atomic E-state index is 0.0368. The Labute approximate surface area is 134 Å². The maximum absolute atomic E-state index is 12.0. The van der Waals surface area contributed by atoms with E-state index in [1.807, 2.05) is 0 Å². The molecule has 1 aliphatic heterocycles. The number of esters is 1. The van der Waals surface area contributed by atoms with Gasteiger partial charge < -0.3 is 14.0 Å². The highest BCUT2D eigenvalue weighted by Gasteiger charge is 2.56. The van der Waals surface area contributed by atoms with Crippen molar-refractivity contribution in [2.24, 2.45) is 17.8 Å². The Morgan fingerprint density at radius 1 is 1.32 bits per heavy atom. The fourth-order valence-electron chi connectivity index (χ4n) is 4.15. The highest BCUT2D eigenvalue weighted by molar-refractivity contribution is 6.73. The van der Waals surface area contributed by atoms with Gasteiger partial charge in [0.15, 0.2) is 8.32 Å². The summed E-state index contributed by atoms with van der Waals surface area (Å²) in [6, 6.07) is 3.19. The summed E-state index contributed by atoms with van der Waals surface area (Å²) in [6.45, 7) is 10.3. The molecule has 2 rings (SSSR count). The van der Waals surface area contributed by atoms with Gasteiger partial charge in [-0.3, -0.25) is 4.79 Å². The van der Waals surface area contributed by atoms with Gasteiger partial charge in [-0.1, -0.05) is 26.8 Å². The molecule has 2 aliphatic rings. The van der Waals surface area contributed by atoms with Crippen LogP contribution in [0.4, 0.5) is 0 Å². The summed E-state index contributed by atoms with van der Waals surface area (Å²) in [5, 5.41) is 0. The van der Waals surface area contributed by atoms with Gasteiger partial charge in [-0.25, -0.2) is 0 Å². The van der Waals surface area contributed by atoms with Crippen LogP contribution in [0.2, 0.25) is 18.1 Å². The van der Waals surface area contributed by atoms with Crippen LogP contribution in [0.25, 0.3) is 0 Å². The Morgan fingerprint density at radius 2 is 1.95 bits per heavy atom. The quantitative estimate of drug-likeness (QED) is 0.297. The van der Waals surface area contributed by atoms with E-state index in [1.165, 1.54) is 0 Å². The van der Waals surface area contributed by atoms with E-state index in [2.05, 4.69) is 27.4 Å². The molecule has 0 aromatic carbocycles. The fraction of sp³-hybridized carbons (Fsp3) is 0.765. The van der Waals surface area contributed by atoms with E-state index in [0.717, 1.165) is 24.4 Å². The van der Waals surface area contributed by atoms with Crippen LogP contribution in [0.1, 0.15) is 33.6 Å². The van der Waals surface area contributed by atoms with Crippen molar-refractivity contribution in [2.75, 3.05) is 0 Å². The summed E-state index contributed by atoms with van der Waals surface area (Å²) in [5.41, 5.74) is 0. The summed E-state index contributed by atoms with van der Waals surface area (Å²) in [5.74, 6) is -0.666. The monoisotopic (exact) mass is 324 g/mol. The standard InChI is InChI=1S/C17H28O4Si/c1-5-9-12-16-13(11-18)14(10-15(16)20-17(12)19)21-22(6-2,7-3)8-4/h5,11-16H,1,6-10H2,2-4H3/t12-,13+,14+,15-,16+/m0/s1. The smallest absolute Gasteiger partial charge is 0.309 e. The van der Waals surface area contributed by atoms with Crippen molar-refractivity contribution in [3.05, 3.63) is 12.7 Å². The molecule has 2 fully saturated rings. The Hall–Kier alpha value is -0.943. The first-order valence-electron chi connectivity index (χ1n) is 8.50. The maximum Gasteiger partial charge on any atom is 0.309 e. The number of hydrogen-bond acceptors (Lipinski definition) is 4. The molecule has 1 saturated heterocycles. The van der Waals surface area contributed by atoms with Crippen LogP contribution in [0.15, 0.2) is 12.7 Å². The normalized spacial score (nSPS) is 34.3. The molecule has 0 amide bonds. The molecule has 0 N–H and O–H groups in total. The minimum atomic E-state index is -1.77. The third-order valence-corrected chi connectivity index (χ3v) is 10.4. The predicted octanol–water partition coefficient (Wildman–Crippen LogP) is 3.33. The van der Waals surface area contributed by atoms with Gasteiger partial charge in [-0.15, -0.1) is 6.58 Å². The molecule has 4 nitrogen and oxygen atoms in total. The second-order valence-electron chi connectivity index (χ2n) is 6.53. The van der Waals surface area contributed by atoms with E-state index >= 15 is 0 Å². The highest BCUT2D eigenvalue weighted by atomic mass is 28.4. The third kappa shape index (κ3) is 2.93. The van der Waals surface area contributed by atoms with E-state index in [4.69, 9.17) is 9.16 Å². The molecule has 0 unspecified atom stereocenters. The molecular formula is C17H28O4Si. The molecule has 124 valence electrons. The summed E-state index contributed by atoms with van der Waals surface area (Å²) in [7, 11) is -1.77. The molecular weight excluding hydrogens is 296 g/mol. The molecule has 5 heteroatoms. The molecule has 0 radical (unpaired) electrons. The average molecular weight is 324 g/mol. The minimum Gasteiger partial charge on any atom is -0.462 e. The van der Waals surface area contributed by atoms with Crippen molar-refractivity contribution >= 4 is 20.6 Å². The fourth-order valence-corrected chi connectivity index (χ4v) is 7.04. The number of rotatable bonds is 8. The topological polar surface area (TPSA) is 52.6 Å². The number of ether oxygens (including phenoxy) is 1. The van der Waals surface area contributed by atoms with Gasteiger partial charge in [-0.05, 0) is 24.6 Å². The zero-order valence-electron chi connectivity index (χ0n) is 13.9. The molecule has 0 bridgehead atoms. The summed E-state index contributed by atoms with van der Waals surface area (Å²) >= 11 is 0. The van der Waals surface area contributed by atoms with Crippen molar-refractivity contribution in [3.63, 3.8) is 0 Å². The third-order valence-electron chi connectivity index (χ3n) is 5.71. The number of hydrogen-bond donors (Lipinski definition) is 0. The number of carbonyl (C=O) groups excluding carboxylic acids is 2. The van der Waals surface area contributed by atoms with Gasteiger partial charge in [0.2, 0.25) is 0 Å². The summed E-state index contributed by atoms with van der Waals surface area (Å²) < 4.78 is 12.1. The van der Waals surface area contributed by atoms with Crippen molar-refractivity contribution in [2.45, 2.75) is 64.0 Å². The number of fused-ring (bicyclic) bond motifs is 1. The molecule has 0 spiro atoms. The van der Waals surface area contributed by atoms with Gasteiger partial charge >= 0.3 is 5.97 Å². The molecule has 5 atom stereocenters. The van der Waals surface area contributed by atoms with Crippen LogP contribution in [0.3, 0.4) is 0 Å². The second-order valence-corrected chi connectivity index (χ2v) is 11.3. The van der Waals surface area contributed by atoms with Crippen molar-refractivity contribution in [3.8, 4) is 0 Å². The van der Waals surface area contributed by atoms with Gasteiger partial charge in [0.25, 0.3) is 0 Å². The summed E-state index contributed by atoms with van der Waals surface area (Å²) in [4.78, 5) is 23.7. The van der Waals surface area contributed by atoms with E-state index < -0.39 is 8.32 Å². The Balaban J connectivity index is 2.18. The van der Waals surface area contributed by atoms with Gasteiger partial charge in [0.1, 0.15) is 12.4 Å². The van der Waals surface area contributed by atoms with Gasteiger partial charge in [0, 0.05) is 18.3 Å². The van der Waals surface area contributed by atoms with Crippen LogP contribution in [0, 0.1) is 17.8 Å². The zero-order valence-corrected chi connectivity index (χ0v) is 14.9. The van der Waals surface area contributed by atoms with Gasteiger partial charge in [-0.2, -0.15) is 0 Å². The summed E-state index contributed by atoms with van der Waals surface area (Å²) in [6.07, 6.45) is 3.74.